The highest BCUT2D eigenvalue weighted by molar-refractivity contribution is 6.31. The largest absolute Gasteiger partial charge is 0.342 e. The predicted molar refractivity (Wildman–Crippen MR) is 101 cm³/mol. The van der Waals surface area contributed by atoms with Crippen LogP contribution in [0.3, 0.4) is 0 Å². The van der Waals surface area contributed by atoms with Crippen LogP contribution < -0.4 is 4.90 Å². The molecule has 2 aromatic carbocycles. The quantitative estimate of drug-likeness (QED) is 0.649. The minimum Gasteiger partial charge on any atom is -0.342 e. The Hall–Kier alpha value is -2.07. The zero-order valence-electron chi connectivity index (χ0n) is 14.3. The van der Waals surface area contributed by atoms with E-state index < -0.39 is 0 Å². The Bertz CT molecular complexity index is 880. The monoisotopic (exact) mass is 357 g/mol. The molecular formula is C20H21ClFN3. The third kappa shape index (κ3) is 3.36. The van der Waals surface area contributed by atoms with Crippen LogP contribution in [0.15, 0.2) is 42.5 Å². The first-order chi connectivity index (χ1) is 12.1. The van der Waals surface area contributed by atoms with Crippen LogP contribution in [0.1, 0.15) is 25.3 Å². The first-order valence-corrected chi connectivity index (χ1v) is 9.13. The van der Waals surface area contributed by atoms with Crippen molar-refractivity contribution in [2.45, 2.75) is 26.3 Å². The van der Waals surface area contributed by atoms with Gasteiger partial charge in [0.25, 0.3) is 0 Å². The van der Waals surface area contributed by atoms with Gasteiger partial charge in [0.05, 0.1) is 17.6 Å². The average molecular weight is 358 g/mol. The van der Waals surface area contributed by atoms with Crippen molar-refractivity contribution in [3.8, 4) is 0 Å². The fourth-order valence-electron chi connectivity index (χ4n) is 3.47. The zero-order valence-corrected chi connectivity index (χ0v) is 15.0. The molecule has 0 atom stereocenters. The molecule has 25 heavy (non-hydrogen) atoms. The summed E-state index contributed by atoms with van der Waals surface area (Å²) in [6.45, 7) is 5.00. The number of aromatic nitrogens is 2. The first kappa shape index (κ1) is 16.4. The van der Waals surface area contributed by atoms with Crippen molar-refractivity contribution in [1.82, 2.24) is 9.55 Å². The van der Waals surface area contributed by atoms with Gasteiger partial charge in [-0.2, -0.15) is 0 Å². The van der Waals surface area contributed by atoms with E-state index in [0.29, 0.717) is 11.6 Å². The lowest BCUT2D eigenvalue weighted by molar-refractivity contribution is 0.432. The lowest BCUT2D eigenvalue weighted by Crippen LogP contribution is -2.34. The molecule has 130 valence electrons. The van der Waals surface area contributed by atoms with Gasteiger partial charge in [0.1, 0.15) is 5.82 Å². The maximum atomic E-state index is 13.2. The Balaban J connectivity index is 1.76. The molecule has 1 saturated heterocycles. The fraction of sp³-hybridized carbons (Fsp3) is 0.350. The van der Waals surface area contributed by atoms with Gasteiger partial charge in [-0.15, -0.1) is 0 Å². The number of halogens is 2. The number of hydrogen-bond donors (Lipinski definition) is 0. The van der Waals surface area contributed by atoms with Gasteiger partial charge in [0.15, 0.2) is 0 Å². The fourth-order valence-corrected chi connectivity index (χ4v) is 3.63. The van der Waals surface area contributed by atoms with Crippen molar-refractivity contribution in [1.29, 1.82) is 0 Å². The molecule has 0 bridgehead atoms. The summed E-state index contributed by atoms with van der Waals surface area (Å²) >= 11 is 6.16. The van der Waals surface area contributed by atoms with E-state index in [2.05, 4.69) is 16.4 Å². The lowest BCUT2D eigenvalue weighted by Gasteiger charge is -2.31. The highest BCUT2D eigenvalue weighted by Crippen LogP contribution is 2.29. The van der Waals surface area contributed by atoms with Crippen molar-refractivity contribution >= 4 is 28.6 Å². The summed E-state index contributed by atoms with van der Waals surface area (Å²) in [5, 5.41) is 0.692. The molecule has 0 spiro atoms. The summed E-state index contributed by atoms with van der Waals surface area (Å²) in [6, 6.07) is 12.5. The second-order valence-electron chi connectivity index (χ2n) is 6.93. The van der Waals surface area contributed by atoms with Gasteiger partial charge < -0.3 is 9.47 Å². The molecule has 3 aromatic rings. The molecule has 1 aliphatic rings. The van der Waals surface area contributed by atoms with Crippen LogP contribution in [0.5, 0.6) is 0 Å². The third-order valence-electron chi connectivity index (χ3n) is 5.01. The van der Waals surface area contributed by atoms with Gasteiger partial charge in [-0.1, -0.05) is 30.7 Å². The summed E-state index contributed by atoms with van der Waals surface area (Å²) < 4.78 is 15.4. The van der Waals surface area contributed by atoms with Crippen molar-refractivity contribution < 1.29 is 4.39 Å². The van der Waals surface area contributed by atoms with Crippen LogP contribution in [-0.4, -0.2) is 22.6 Å². The van der Waals surface area contributed by atoms with E-state index in [1.54, 1.807) is 0 Å². The Morgan fingerprint density at radius 1 is 1.12 bits per heavy atom. The topological polar surface area (TPSA) is 21.1 Å². The molecule has 0 N–H and O–H groups in total. The minimum absolute atomic E-state index is 0.212. The number of benzene rings is 2. The maximum absolute atomic E-state index is 13.2. The van der Waals surface area contributed by atoms with Gasteiger partial charge in [-0.05, 0) is 54.7 Å². The van der Waals surface area contributed by atoms with Crippen LogP contribution in [0.2, 0.25) is 5.02 Å². The molecule has 5 heteroatoms. The predicted octanol–water partition coefficient (Wildman–Crippen LogP) is 5.11. The number of imidazole rings is 1. The van der Waals surface area contributed by atoms with E-state index in [9.17, 15) is 4.39 Å². The summed E-state index contributed by atoms with van der Waals surface area (Å²) in [4.78, 5) is 7.22. The molecule has 0 radical (unpaired) electrons. The Morgan fingerprint density at radius 2 is 1.84 bits per heavy atom. The SMILES string of the molecule is CC1CCN(c2nc3cc(Cl)ccc3n2Cc2ccc(F)cc2)CC1. The Labute approximate surface area is 152 Å². The van der Waals surface area contributed by atoms with Crippen molar-refractivity contribution in [2.75, 3.05) is 18.0 Å². The van der Waals surface area contributed by atoms with E-state index in [1.165, 1.54) is 25.0 Å². The van der Waals surface area contributed by atoms with Crippen LogP contribution in [0.4, 0.5) is 10.3 Å². The van der Waals surface area contributed by atoms with Crippen molar-refractivity contribution in [3.63, 3.8) is 0 Å². The Kier molecular flexibility index (Phi) is 4.38. The standard InChI is InChI=1S/C20H21ClFN3/c1-14-8-10-24(11-9-14)20-23-18-12-16(21)4-7-19(18)25(20)13-15-2-5-17(22)6-3-15/h2-7,12,14H,8-11,13H2,1H3. The number of piperidine rings is 1. The number of hydrogen-bond acceptors (Lipinski definition) is 2. The molecule has 1 aliphatic heterocycles. The van der Waals surface area contributed by atoms with E-state index >= 15 is 0 Å². The Morgan fingerprint density at radius 3 is 2.56 bits per heavy atom. The van der Waals surface area contributed by atoms with Crippen molar-refractivity contribution in [3.05, 3.63) is 58.9 Å². The molecule has 0 amide bonds. The van der Waals surface area contributed by atoms with Crippen LogP contribution >= 0.6 is 11.6 Å². The van der Waals surface area contributed by atoms with Crippen molar-refractivity contribution in [2.24, 2.45) is 5.92 Å². The van der Waals surface area contributed by atoms with E-state index in [4.69, 9.17) is 16.6 Å². The molecule has 0 saturated carbocycles. The van der Waals surface area contributed by atoms with Gasteiger partial charge in [-0.3, -0.25) is 0 Å². The number of fused-ring (bicyclic) bond motifs is 1. The number of rotatable bonds is 3. The average Bonchev–Trinajstić information content (AvgIpc) is 2.95. The molecule has 1 aromatic heterocycles. The summed E-state index contributed by atoms with van der Waals surface area (Å²) in [5.74, 6) is 1.53. The summed E-state index contributed by atoms with van der Waals surface area (Å²) in [6.07, 6.45) is 2.36. The second-order valence-corrected chi connectivity index (χ2v) is 7.36. The van der Waals surface area contributed by atoms with E-state index in [0.717, 1.165) is 41.6 Å². The van der Waals surface area contributed by atoms with Gasteiger partial charge in [0.2, 0.25) is 5.95 Å². The van der Waals surface area contributed by atoms with Gasteiger partial charge >= 0.3 is 0 Å². The highest BCUT2D eigenvalue weighted by Gasteiger charge is 2.22. The molecule has 3 nitrogen and oxygen atoms in total. The first-order valence-electron chi connectivity index (χ1n) is 8.75. The smallest absolute Gasteiger partial charge is 0.206 e. The summed E-state index contributed by atoms with van der Waals surface area (Å²) in [7, 11) is 0. The second kappa shape index (κ2) is 6.68. The van der Waals surface area contributed by atoms with Crippen LogP contribution in [-0.2, 0) is 6.54 Å². The van der Waals surface area contributed by atoms with Crippen LogP contribution in [0, 0.1) is 11.7 Å². The minimum atomic E-state index is -0.212. The highest BCUT2D eigenvalue weighted by atomic mass is 35.5. The maximum Gasteiger partial charge on any atom is 0.206 e. The van der Waals surface area contributed by atoms with Crippen LogP contribution in [0.25, 0.3) is 11.0 Å². The zero-order chi connectivity index (χ0) is 17.4. The molecule has 4 rings (SSSR count). The number of anilines is 1. The number of nitrogens with zero attached hydrogens (tertiary/aromatic N) is 3. The van der Waals surface area contributed by atoms with Gasteiger partial charge in [0, 0.05) is 18.1 Å². The normalized spacial score (nSPS) is 15.9. The van der Waals surface area contributed by atoms with Gasteiger partial charge in [-0.25, -0.2) is 9.37 Å². The lowest BCUT2D eigenvalue weighted by atomic mass is 10.00. The molecule has 0 unspecified atom stereocenters. The molecule has 0 aliphatic carbocycles. The van der Waals surface area contributed by atoms with E-state index in [1.807, 2.05) is 30.3 Å². The van der Waals surface area contributed by atoms with E-state index in [-0.39, 0.29) is 5.82 Å². The third-order valence-corrected chi connectivity index (χ3v) is 5.25. The summed E-state index contributed by atoms with van der Waals surface area (Å²) in [5.41, 5.74) is 3.02. The molecular weight excluding hydrogens is 337 g/mol. The molecule has 1 fully saturated rings. The molecule has 2 heterocycles.